The van der Waals surface area contributed by atoms with Crippen LogP contribution in [0.5, 0.6) is 0 Å². The van der Waals surface area contributed by atoms with Gasteiger partial charge in [-0.15, -0.1) is 0 Å². The van der Waals surface area contributed by atoms with E-state index in [1.165, 1.54) is 0 Å². The maximum absolute atomic E-state index is 12.3. The number of anilines is 3. The summed E-state index contributed by atoms with van der Waals surface area (Å²) in [5, 5.41) is 5.72. The van der Waals surface area contributed by atoms with Gasteiger partial charge in [-0.05, 0) is 80.6 Å². The van der Waals surface area contributed by atoms with Crippen molar-refractivity contribution in [3.8, 4) is 0 Å². The van der Waals surface area contributed by atoms with Crippen molar-refractivity contribution in [2.45, 2.75) is 40.0 Å². The smallest absolute Gasteiger partial charge is 0.312 e. The Morgan fingerprint density at radius 1 is 0.923 bits per heavy atom. The molecule has 2 aromatic carbocycles. The van der Waals surface area contributed by atoms with Crippen LogP contribution >= 0.6 is 0 Å². The van der Waals surface area contributed by atoms with Crippen LogP contribution in [0, 0.1) is 20.8 Å². The van der Waals surface area contributed by atoms with Crippen LogP contribution < -0.4 is 15.5 Å². The number of benzene rings is 2. The van der Waals surface area contributed by atoms with Crippen LogP contribution in [-0.4, -0.2) is 18.5 Å². The summed E-state index contributed by atoms with van der Waals surface area (Å²) in [6.07, 6.45) is 2.61. The number of nitrogens with one attached hydrogen (secondary N) is 2. The molecular weight excluding hydrogens is 326 g/mol. The predicted molar refractivity (Wildman–Crippen MR) is 106 cm³/mol. The van der Waals surface area contributed by atoms with Crippen LogP contribution in [0.15, 0.2) is 36.4 Å². The van der Waals surface area contributed by atoms with Crippen molar-refractivity contribution in [3.05, 3.63) is 53.1 Å². The molecular formula is C21H25N3O2. The molecule has 3 amide bonds. The van der Waals surface area contributed by atoms with E-state index in [1.54, 1.807) is 0 Å². The molecule has 0 spiro atoms. The van der Waals surface area contributed by atoms with Crippen molar-refractivity contribution in [3.63, 3.8) is 0 Å². The van der Waals surface area contributed by atoms with Crippen LogP contribution in [0.3, 0.4) is 0 Å². The minimum Gasteiger partial charge on any atom is -0.312 e. The Bertz CT molecular complexity index is 825. The molecule has 0 bridgehead atoms. The number of hydrogen-bond donors (Lipinski definition) is 2. The van der Waals surface area contributed by atoms with E-state index in [2.05, 4.69) is 16.7 Å². The van der Waals surface area contributed by atoms with Gasteiger partial charge < -0.3 is 15.5 Å². The summed E-state index contributed by atoms with van der Waals surface area (Å²) >= 11 is 0. The van der Waals surface area contributed by atoms with E-state index in [-0.39, 0.29) is 11.9 Å². The molecule has 0 saturated carbocycles. The lowest BCUT2D eigenvalue weighted by Gasteiger charge is -2.28. The zero-order valence-electron chi connectivity index (χ0n) is 15.6. The fourth-order valence-corrected chi connectivity index (χ4v) is 3.44. The maximum Gasteiger partial charge on any atom is 0.323 e. The van der Waals surface area contributed by atoms with E-state index in [4.69, 9.17) is 0 Å². The monoisotopic (exact) mass is 351 g/mol. The Morgan fingerprint density at radius 3 is 2.27 bits per heavy atom. The zero-order chi connectivity index (χ0) is 18.7. The molecule has 136 valence electrons. The van der Waals surface area contributed by atoms with Crippen LogP contribution in [0.2, 0.25) is 0 Å². The summed E-state index contributed by atoms with van der Waals surface area (Å²) in [6.45, 7) is 6.73. The van der Waals surface area contributed by atoms with E-state index >= 15 is 0 Å². The lowest BCUT2D eigenvalue weighted by atomic mass is 10.1. The molecule has 3 rings (SSSR count). The Morgan fingerprint density at radius 2 is 1.62 bits per heavy atom. The number of carbonyl (C=O) groups is 2. The normalized spacial score (nSPS) is 14.3. The number of carbonyl (C=O) groups excluding carboxylic acids is 2. The van der Waals surface area contributed by atoms with Crippen LogP contribution in [0.4, 0.5) is 21.9 Å². The van der Waals surface area contributed by atoms with E-state index in [0.717, 1.165) is 47.5 Å². The molecule has 0 atom stereocenters. The Kier molecular flexibility index (Phi) is 5.26. The van der Waals surface area contributed by atoms with Gasteiger partial charge in [0.2, 0.25) is 5.91 Å². The fraction of sp³-hybridized carbons (Fsp3) is 0.333. The largest absolute Gasteiger partial charge is 0.323 e. The van der Waals surface area contributed by atoms with E-state index in [0.29, 0.717) is 12.1 Å². The van der Waals surface area contributed by atoms with Gasteiger partial charge in [0.05, 0.1) is 0 Å². The average molecular weight is 351 g/mol. The highest BCUT2D eigenvalue weighted by Crippen LogP contribution is 2.27. The standard InChI is InChI=1S/C21H25N3O2/c1-14-10-15(2)12-18(11-14)23-21(26)22-17-7-8-19(16(3)13-17)24-9-5-4-6-20(24)25/h7-8,10-13H,4-6,9H2,1-3H3,(H2,22,23,26). The van der Waals surface area contributed by atoms with Crippen molar-refractivity contribution in [1.29, 1.82) is 0 Å². The molecule has 0 radical (unpaired) electrons. The third kappa shape index (κ3) is 4.23. The number of piperidine rings is 1. The molecule has 1 aliphatic heterocycles. The van der Waals surface area contributed by atoms with Gasteiger partial charge in [-0.1, -0.05) is 6.07 Å². The van der Waals surface area contributed by atoms with Gasteiger partial charge in [0, 0.05) is 30.0 Å². The number of aryl methyl sites for hydroxylation is 3. The first-order valence-corrected chi connectivity index (χ1v) is 9.00. The molecule has 2 aromatic rings. The second kappa shape index (κ2) is 7.60. The van der Waals surface area contributed by atoms with Gasteiger partial charge in [-0.25, -0.2) is 4.79 Å². The number of amides is 3. The highest BCUT2D eigenvalue weighted by molar-refractivity contribution is 6.00. The number of urea groups is 1. The Balaban J connectivity index is 1.69. The Hall–Kier alpha value is -2.82. The molecule has 1 aliphatic rings. The maximum atomic E-state index is 12.3. The van der Waals surface area contributed by atoms with E-state index in [9.17, 15) is 9.59 Å². The summed E-state index contributed by atoms with van der Waals surface area (Å²) in [5.74, 6) is 0.174. The minimum absolute atomic E-state index is 0.174. The summed E-state index contributed by atoms with van der Waals surface area (Å²) < 4.78 is 0. The molecule has 26 heavy (non-hydrogen) atoms. The lowest BCUT2D eigenvalue weighted by molar-refractivity contribution is -0.119. The quantitative estimate of drug-likeness (QED) is 0.836. The molecule has 0 aliphatic carbocycles. The van der Waals surface area contributed by atoms with Gasteiger partial charge in [-0.3, -0.25) is 4.79 Å². The lowest BCUT2D eigenvalue weighted by Crippen LogP contribution is -2.35. The second-order valence-corrected chi connectivity index (χ2v) is 6.96. The van der Waals surface area contributed by atoms with E-state index in [1.807, 2.05) is 56.0 Å². The van der Waals surface area contributed by atoms with Crippen molar-refractivity contribution in [1.82, 2.24) is 0 Å². The molecule has 5 heteroatoms. The number of nitrogens with zero attached hydrogens (tertiary/aromatic N) is 1. The fourth-order valence-electron chi connectivity index (χ4n) is 3.44. The predicted octanol–water partition coefficient (Wildman–Crippen LogP) is 4.77. The van der Waals surface area contributed by atoms with Crippen LogP contribution in [0.25, 0.3) is 0 Å². The number of hydrogen-bond acceptors (Lipinski definition) is 2. The highest BCUT2D eigenvalue weighted by Gasteiger charge is 2.21. The van der Waals surface area contributed by atoms with Gasteiger partial charge in [0.1, 0.15) is 0 Å². The number of rotatable bonds is 3. The van der Waals surface area contributed by atoms with Crippen molar-refractivity contribution in [2.75, 3.05) is 22.1 Å². The highest BCUT2D eigenvalue weighted by atomic mass is 16.2. The molecule has 1 saturated heterocycles. The summed E-state index contributed by atoms with van der Waals surface area (Å²) in [4.78, 5) is 26.2. The molecule has 1 heterocycles. The van der Waals surface area contributed by atoms with Gasteiger partial charge >= 0.3 is 6.03 Å². The first-order valence-electron chi connectivity index (χ1n) is 9.00. The molecule has 1 fully saturated rings. The average Bonchev–Trinajstić information content (AvgIpc) is 2.55. The topological polar surface area (TPSA) is 61.4 Å². The minimum atomic E-state index is -0.281. The van der Waals surface area contributed by atoms with Gasteiger partial charge in [-0.2, -0.15) is 0 Å². The first kappa shape index (κ1) is 18.0. The molecule has 2 N–H and O–H groups in total. The van der Waals surface area contributed by atoms with Crippen LogP contribution in [-0.2, 0) is 4.79 Å². The van der Waals surface area contributed by atoms with Crippen molar-refractivity contribution >= 4 is 29.0 Å². The molecule has 5 nitrogen and oxygen atoms in total. The third-order valence-electron chi connectivity index (χ3n) is 4.55. The summed E-state index contributed by atoms with van der Waals surface area (Å²) in [7, 11) is 0. The van der Waals surface area contributed by atoms with Crippen LogP contribution in [0.1, 0.15) is 36.0 Å². The first-order chi connectivity index (χ1) is 12.4. The second-order valence-electron chi connectivity index (χ2n) is 6.96. The SMILES string of the molecule is Cc1cc(C)cc(NC(=O)Nc2ccc(N3CCCCC3=O)c(C)c2)c1. The summed E-state index contributed by atoms with van der Waals surface area (Å²) in [5.41, 5.74) is 5.59. The molecule has 0 unspecified atom stereocenters. The zero-order valence-corrected chi connectivity index (χ0v) is 15.6. The van der Waals surface area contributed by atoms with Crippen molar-refractivity contribution in [2.24, 2.45) is 0 Å². The summed E-state index contributed by atoms with van der Waals surface area (Å²) in [6, 6.07) is 11.3. The third-order valence-corrected chi connectivity index (χ3v) is 4.55. The van der Waals surface area contributed by atoms with Gasteiger partial charge in [0.25, 0.3) is 0 Å². The molecule has 0 aromatic heterocycles. The Labute approximate surface area is 154 Å². The van der Waals surface area contributed by atoms with E-state index < -0.39 is 0 Å². The van der Waals surface area contributed by atoms with Gasteiger partial charge in [0.15, 0.2) is 0 Å². The van der Waals surface area contributed by atoms with Crippen molar-refractivity contribution < 1.29 is 9.59 Å².